The van der Waals surface area contributed by atoms with Crippen molar-refractivity contribution in [2.45, 2.75) is 64.6 Å². The van der Waals surface area contributed by atoms with Gasteiger partial charge in [0.1, 0.15) is 24.2 Å². The number of benzene rings is 3. The molecule has 41 heavy (non-hydrogen) atoms. The molecule has 0 bridgehead atoms. The first-order valence-corrected chi connectivity index (χ1v) is 15.1. The molecule has 1 N–H and O–H groups in total. The van der Waals surface area contributed by atoms with E-state index in [-0.39, 0.29) is 29.1 Å². The van der Waals surface area contributed by atoms with E-state index in [1.807, 2.05) is 27.7 Å². The lowest BCUT2D eigenvalue weighted by molar-refractivity contribution is -0.140. The van der Waals surface area contributed by atoms with E-state index in [4.69, 9.17) is 4.74 Å². The maximum Gasteiger partial charge on any atom is 0.264 e. The Morgan fingerprint density at radius 2 is 1.54 bits per heavy atom. The maximum absolute atomic E-state index is 14.0. The molecule has 0 aliphatic rings. The molecule has 0 radical (unpaired) electrons. The van der Waals surface area contributed by atoms with Crippen molar-refractivity contribution in [1.29, 1.82) is 0 Å². The van der Waals surface area contributed by atoms with E-state index in [0.717, 1.165) is 9.87 Å². The average molecular weight is 584 g/mol. The number of ether oxygens (including phenoxy) is 1. The van der Waals surface area contributed by atoms with Crippen LogP contribution in [0.1, 0.15) is 45.2 Å². The molecule has 2 amide bonds. The topological polar surface area (TPSA) is 96.0 Å². The highest BCUT2D eigenvalue weighted by Gasteiger charge is 2.33. The number of carbonyl (C=O) groups is 2. The molecule has 8 nitrogen and oxygen atoms in total. The number of rotatable bonds is 13. The van der Waals surface area contributed by atoms with E-state index < -0.39 is 34.3 Å². The summed E-state index contributed by atoms with van der Waals surface area (Å²) < 4.78 is 48.0. The Balaban J connectivity index is 2.06. The lowest BCUT2D eigenvalue weighted by Gasteiger charge is -2.33. The standard InChI is InChI=1S/C31H38FN3O5S/c1-6-29(31(37)33-22(3)4)34(20-24-10-12-25(32)13-11-24)30(36)21-35(26-14-16-27(17-15-26)40-7-2)41(38,39)28-18-8-23(5)9-19-28/h8-19,22,29H,6-7,20-21H2,1-5H3,(H,33,37). The number of hydrogen-bond acceptors (Lipinski definition) is 5. The predicted octanol–water partition coefficient (Wildman–Crippen LogP) is 5.06. The molecule has 0 aliphatic heterocycles. The van der Waals surface area contributed by atoms with Gasteiger partial charge in [0.2, 0.25) is 11.8 Å². The number of amides is 2. The average Bonchev–Trinajstić information content (AvgIpc) is 2.93. The minimum absolute atomic E-state index is 0.00909. The predicted molar refractivity (Wildman–Crippen MR) is 158 cm³/mol. The van der Waals surface area contributed by atoms with Crippen molar-refractivity contribution in [2.24, 2.45) is 0 Å². The van der Waals surface area contributed by atoms with Gasteiger partial charge in [-0.2, -0.15) is 0 Å². The van der Waals surface area contributed by atoms with E-state index in [9.17, 15) is 22.4 Å². The first kappa shape index (κ1) is 31.6. The number of halogens is 1. The van der Waals surface area contributed by atoms with Crippen molar-refractivity contribution >= 4 is 27.5 Å². The fourth-order valence-corrected chi connectivity index (χ4v) is 5.74. The Morgan fingerprint density at radius 1 is 0.927 bits per heavy atom. The molecular formula is C31H38FN3O5S. The fourth-order valence-electron chi connectivity index (χ4n) is 4.33. The largest absolute Gasteiger partial charge is 0.494 e. The van der Waals surface area contributed by atoms with Crippen molar-refractivity contribution in [2.75, 3.05) is 17.5 Å². The Bertz CT molecular complexity index is 1410. The van der Waals surface area contributed by atoms with Gasteiger partial charge < -0.3 is 15.0 Å². The van der Waals surface area contributed by atoms with Crippen LogP contribution < -0.4 is 14.4 Å². The smallest absolute Gasteiger partial charge is 0.264 e. The Morgan fingerprint density at radius 3 is 2.07 bits per heavy atom. The molecule has 3 rings (SSSR count). The van der Waals surface area contributed by atoms with Crippen molar-refractivity contribution < 1.29 is 27.1 Å². The normalized spacial score (nSPS) is 12.1. The highest BCUT2D eigenvalue weighted by Crippen LogP contribution is 2.27. The first-order chi connectivity index (χ1) is 19.5. The van der Waals surface area contributed by atoms with Gasteiger partial charge in [0, 0.05) is 12.6 Å². The lowest BCUT2D eigenvalue weighted by Crippen LogP contribution is -2.53. The molecule has 0 saturated heterocycles. The molecule has 10 heteroatoms. The summed E-state index contributed by atoms with van der Waals surface area (Å²) in [5, 5.41) is 2.85. The van der Waals surface area contributed by atoms with Crippen LogP contribution in [0.5, 0.6) is 5.75 Å². The third-order valence-corrected chi connectivity index (χ3v) is 8.19. The van der Waals surface area contributed by atoms with Crippen LogP contribution in [0, 0.1) is 12.7 Å². The van der Waals surface area contributed by atoms with Crippen LogP contribution >= 0.6 is 0 Å². The molecule has 220 valence electrons. The van der Waals surface area contributed by atoms with E-state index in [2.05, 4.69) is 5.32 Å². The maximum atomic E-state index is 14.0. The van der Waals surface area contributed by atoms with Crippen molar-refractivity contribution in [3.63, 3.8) is 0 Å². The summed E-state index contributed by atoms with van der Waals surface area (Å²) in [6, 6.07) is 17.4. The highest BCUT2D eigenvalue weighted by molar-refractivity contribution is 7.92. The Kier molecular flexibility index (Phi) is 10.9. The summed E-state index contributed by atoms with van der Waals surface area (Å²) in [5.74, 6) is -0.802. The molecular weight excluding hydrogens is 545 g/mol. The number of anilines is 1. The first-order valence-electron chi connectivity index (χ1n) is 13.6. The van der Waals surface area contributed by atoms with Crippen molar-refractivity contribution in [3.8, 4) is 5.75 Å². The van der Waals surface area contributed by atoms with Crippen LogP contribution in [0.4, 0.5) is 10.1 Å². The summed E-state index contributed by atoms with van der Waals surface area (Å²) in [6.45, 7) is 8.99. The summed E-state index contributed by atoms with van der Waals surface area (Å²) in [7, 11) is -4.18. The molecule has 3 aromatic rings. The third-order valence-electron chi connectivity index (χ3n) is 6.41. The van der Waals surface area contributed by atoms with Crippen molar-refractivity contribution in [3.05, 3.63) is 89.7 Å². The van der Waals surface area contributed by atoms with Gasteiger partial charge in [-0.05, 0) is 88.2 Å². The van der Waals surface area contributed by atoms with Gasteiger partial charge in [0.25, 0.3) is 10.0 Å². The van der Waals surface area contributed by atoms with E-state index in [1.54, 1.807) is 43.3 Å². The second-order valence-electron chi connectivity index (χ2n) is 9.99. The van der Waals surface area contributed by atoms with E-state index >= 15 is 0 Å². The summed E-state index contributed by atoms with van der Waals surface area (Å²) >= 11 is 0. The molecule has 0 spiro atoms. The van der Waals surface area contributed by atoms with Crippen LogP contribution in [-0.4, -0.2) is 50.4 Å². The minimum atomic E-state index is -4.18. The zero-order chi connectivity index (χ0) is 30.2. The fraction of sp³-hybridized carbons (Fsp3) is 0.355. The van der Waals surface area contributed by atoms with Gasteiger partial charge >= 0.3 is 0 Å². The molecule has 1 unspecified atom stereocenters. The summed E-state index contributed by atoms with van der Waals surface area (Å²) in [4.78, 5) is 28.6. The van der Waals surface area contributed by atoms with Gasteiger partial charge in [0.05, 0.1) is 17.2 Å². The van der Waals surface area contributed by atoms with Crippen LogP contribution in [0.3, 0.4) is 0 Å². The van der Waals surface area contributed by atoms with Gasteiger partial charge in [-0.15, -0.1) is 0 Å². The number of hydrogen-bond donors (Lipinski definition) is 1. The number of carbonyl (C=O) groups excluding carboxylic acids is 2. The monoisotopic (exact) mass is 583 g/mol. The number of aryl methyl sites for hydroxylation is 1. The van der Waals surface area contributed by atoms with Crippen LogP contribution in [0.15, 0.2) is 77.7 Å². The second kappa shape index (κ2) is 14.1. The highest BCUT2D eigenvalue weighted by atomic mass is 32.2. The Labute approximate surface area is 242 Å². The minimum Gasteiger partial charge on any atom is -0.494 e. The lowest BCUT2D eigenvalue weighted by atomic mass is 10.1. The van der Waals surface area contributed by atoms with Gasteiger partial charge in [0.15, 0.2) is 0 Å². The molecule has 0 heterocycles. The Hall–Kier alpha value is -3.92. The third kappa shape index (κ3) is 8.29. The molecule has 0 aromatic heterocycles. The van der Waals surface area contributed by atoms with Gasteiger partial charge in [-0.1, -0.05) is 36.8 Å². The number of nitrogens with one attached hydrogen (secondary N) is 1. The molecule has 0 aliphatic carbocycles. The van der Waals surface area contributed by atoms with Crippen LogP contribution in [0.2, 0.25) is 0 Å². The summed E-state index contributed by atoms with van der Waals surface area (Å²) in [6.07, 6.45) is 0.291. The van der Waals surface area contributed by atoms with E-state index in [0.29, 0.717) is 24.3 Å². The zero-order valence-corrected chi connectivity index (χ0v) is 24.9. The second-order valence-corrected chi connectivity index (χ2v) is 11.8. The van der Waals surface area contributed by atoms with Crippen LogP contribution in [-0.2, 0) is 26.2 Å². The molecule has 3 aromatic carbocycles. The number of sulfonamides is 1. The number of nitrogens with zero attached hydrogens (tertiary/aromatic N) is 2. The van der Waals surface area contributed by atoms with Gasteiger partial charge in [-0.3, -0.25) is 13.9 Å². The molecule has 0 fully saturated rings. The quantitative estimate of drug-likeness (QED) is 0.304. The SMILES string of the molecule is CCOc1ccc(N(CC(=O)N(Cc2ccc(F)cc2)C(CC)C(=O)NC(C)C)S(=O)(=O)c2ccc(C)cc2)cc1. The van der Waals surface area contributed by atoms with Crippen molar-refractivity contribution in [1.82, 2.24) is 10.2 Å². The van der Waals surface area contributed by atoms with Gasteiger partial charge in [-0.25, -0.2) is 12.8 Å². The molecule has 1 atom stereocenters. The summed E-state index contributed by atoms with van der Waals surface area (Å²) in [5.41, 5.74) is 1.76. The molecule has 0 saturated carbocycles. The van der Waals surface area contributed by atoms with E-state index in [1.165, 1.54) is 41.3 Å². The zero-order valence-electron chi connectivity index (χ0n) is 24.1. The van der Waals surface area contributed by atoms with Crippen LogP contribution in [0.25, 0.3) is 0 Å².